The minimum Gasteiger partial charge on any atom is -0.468 e. The quantitative estimate of drug-likeness (QED) is 0.785. The molecule has 1 fully saturated rings. The van der Waals surface area contributed by atoms with Crippen LogP contribution in [0.5, 0.6) is 0 Å². The van der Waals surface area contributed by atoms with Crippen molar-refractivity contribution in [2.24, 2.45) is 0 Å². The highest BCUT2D eigenvalue weighted by atomic mass is 32.2. The fourth-order valence-corrected chi connectivity index (χ4v) is 3.17. The van der Waals surface area contributed by atoms with Crippen LogP contribution in [0.25, 0.3) is 0 Å². The summed E-state index contributed by atoms with van der Waals surface area (Å²) in [5.74, 6) is 0.628. The molecule has 1 aliphatic rings. The van der Waals surface area contributed by atoms with Gasteiger partial charge >= 0.3 is 0 Å². The molecule has 0 aromatic carbocycles. The summed E-state index contributed by atoms with van der Waals surface area (Å²) in [6, 6.07) is 3.52. The first kappa shape index (κ1) is 14.5. The Kier molecular flexibility index (Phi) is 4.62. The maximum atomic E-state index is 12.3. The largest absolute Gasteiger partial charge is 0.468 e. The van der Waals surface area contributed by atoms with Gasteiger partial charge < -0.3 is 9.15 Å². The average Bonchev–Trinajstić information content (AvgIpc) is 3.00. The molecule has 1 atom stereocenters. The Hall–Kier alpha value is -0.890. The molecular formula is C12H20N2O4S. The Morgan fingerprint density at radius 1 is 1.42 bits per heavy atom. The van der Waals surface area contributed by atoms with Crippen molar-refractivity contribution in [3.63, 3.8) is 0 Å². The van der Waals surface area contributed by atoms with Crippen molar-refractivity contribution >= 4 is 10.2 Å². The molecule has 7 heteroatoms. The molecule has 0 radical (unpaired) electrons. The van der Waals surface area contributed by atoms with Crippen molar-refractivity contribution in [2.45, 2.75) is 25.5 Å². The molecule has 1 saturated heterocycles. The second kappa shape index (κ2) is 6.04. The van der Waals surface area contributed by atoms with Crippen LogP contribution in [-0.2, 0) is 21.5 Å². The summed E-state index contributed by atoms with van der Waals surface area (Å²) in [6.07, 6.45) is 3.41. The van der Waals surface area contributed by atoms with E-state index >= 15 is 0 Å². The number of furan rings is 1. The van der Waals surface area contributed by atoms with E-state index in [9.17, 15) is 8.42 Å². The zero-order valence-electron chi connectivity index (χ0n) is 11.3. The van der Waals surface area contributed by atoms with E-state index in [0.29, 0.717) is 18.9 Å². The molecule has 1 aromatic rings. The van der Waals surface area contributed by atoms with E-state index < -0.39 is 10.2 Å². The smallest absolute Gasteiger partial charge is 0.281 e. The number of rotatable bonds is 6. The van der Waals surface area contributed by atoms with E-state index in [4.69, 9.17) is 9.15 Å². The van der Waals surface area contributed by atoms with Gasteiger partial charge in [0.2, 0.25) is 0 Å². The number of ether oxygens (including phenoxy) is 1. The Balaban J connectivity index is 2.12. The van der Waals surface area contributed by atoms with E-state index in [2.05, 4.69) is 0 Å². The number of hydrogen-bond donors (Lipinski definition) is 0. The second-order valence-corrected chi connectivity index (χ2v) is 6.94. The molecule has 0 amide bonds. The lowest BCUT2D eigenvalue weighted by Crippen LogP contribution is -2.43. The van der Waals surface area contributed by atoms with E-state index in [1.165, 1.54) is 22.7 Å². The van der Waals surface area contributed by atoms with Crippen LogP contribution in [0.15, 0.2) is 22.8 Å². The Bertz CT molecular complexity index is 478. The topological polar surface area (TPSA) is 63.0 Å². The third-order valence-corrected chi connectivity index (χ3v) is 4.98. The second-order valence-electron chi connectivity index (χ2n) is 4.80. The van der Waals surface area contributed by atoms with Crippen LogP contribution in [0.3, 0.4) is 0 Å². The van der Waals surface area contributed by atoms with Gasteiger partial charge in [-0.15, -0.1) is 0 Å². The lowest BCUT2D eigenvalue weighted by atomic mass is 10.2. The molecule has 0 saturated carbocycles. The van der Waals surface area contributed by atoms with Crippen LogP contribution in [0.2, 0.25) is 0 Å². The van der Waals surface area contributed by atoms with Crippen molar-refractivity contribution in [3.8, 4) is 0 Å². The molecular weight excluding hydrogens is 268 g/mol. The van der Waals surface area contributed by atoms with Gasteiger partial charge in [0, 0.05) is 27.2 Å². The van der Waals surface area contributed by atoms with E-state index in [1.807, 2.05) is 0 Å². The summed E-state index contributed by atoms with van der Waals surface area (Å²) in [7, 11) is -0.420. The maximum Gasteiger partial charge on any atom is 0.281 e. The summed E-state index contributed by atoms with van der Waals surface area (Å²) in [5, 5.41) is 0. The van der Waals surface area contributed by atoms with Crippen LogP contribution >= 0.6 is 0 Å². The minimum atomic E-state index is -3.48. The Labute approximate surface area is 114 Å². The number of nitrogens with zero attached hydrogens (tertiary/aromatic N) is 2. The highest BCUT2D eigenvalue weighted by molar-refractivity contribution is 7.86. The van der Waals surface area contributed by atoms with Gasteiger partial charge in [0.05, 0.1) is 18.9 Å². The highest BCUT2D eigenvalue weighted by Crippen LogP contribution is 2.18. The first-order valence-corrected chi connectivity index (χ1v) is 7.71. The summed E-state index contributed by atoms with van der Waals surface area (Å²) in [6.45, 7) is 1.30. The Morgan fingerprint density at radius 2 is 2.21 bits per heavy atom. The van der Waals surface area contributed by atoms with Crippen LogP contribution < -0.4 is 0 Å². The lowest BCUT2D eigenvalue weighted by Gasteiger charge is -2.26. The van der Waals surface area contributed by atoms with Gasteiger partial charge in [-0.3, -0.25) is 0 Å². The van der Waals surface area contributed by atoms with E-state index in [-0.39, 0.29) is 12.6 Å². The first-order valence-electron chi connectivity index (χ1n) is 6.31. The molecule has 0 unspecified atom stereocenters. The zero-order valence-corrected chi connectivity index (χ0v) is 12.1. The van der Waals surface area contributed by atoms with Crippen molar-refractivity contribution in [3.05, 3.63) is 24.2 Å². The molecule has 2 rings (SSSR count). The summed E-state index contributed by atoms with van der Waals surface area (Å²) >= 11 is 0. The summed E-state index contributed by atoms with van der Waals surface area (Å²) in [5.41, 5.74) is 0. The van der Waals surface area contributed by atoms with Crippen molar-refractivity contribution in [2.75, 3.05) is 27.2 Å². The van der Waals surface area contributed by atoms with Gasteiger partial charge in [-0.1, -0.05) is 0 Å². The van der Waals surface area contributed by atoms with Crippen molar-refractivity contribution in [1.82, 2.24) is 8.61 Å². The van der Waals surface area contributed by atoms with Gasteiger partial charge in [-0.25, -0.2) is 0 Å². The van der Waals surface area contributed by atoms with E-state index in [0.717, 1.165) is 12.8 Å². The summed E-state index contributed by atoms with van der Waals surface area (Å²) < 4.78 is 38.0. The molecule has 0 bridgehead atoms. The zero-order chi connectivity index (χ0) is 13.9. The molecule has 6 nitrogen and oxygen atoms in total. The number of hydrogen-bond acceptors (Lipinski definition) is 4. The van der Waals surface area contributed by atoms with Crippen LogP contribution in [0, 0.1) is 0 Å². The van der Waals surface area contributed by atoms with Gasteiger partial charge in [0.25, 0.3) is 10.2 Å². The molecule has 1 aliphatic heterocycles. The highest BCUT2D eigenvalue weighted by Gasteiger charge is 2.29. The lowest BCUT2D eigenvalue weighted by molar-refractivity contribution is 0.0902. The predicted octanol–water partition coefficient (Wildman–Crippen LogP) is 1.07. The average molecular weight is 288 g/mol. The fraction of sp³-hybridized carbons (Fsp3) is 0.667. The van der Waals surface area contributed by atoms with Crippen molar-refractivity contribution in [1.29, 1.82) is 0 Å². The monoisotopic (exact) mass is 288 g/mol. The predicted molar refractivity (Wildman–Crippen MR) is 70.7 cm³/mol. The van der Waals surface area contributed by atoms with Crippen LogP contribution in [0.4, 0.5) is 0 Å². The molecule has 0 aliphatic carbocycles. The molecule has 1 aromatic heterocycles. The maximum absolute atomic E-state index is 12.3. The van der Waals surface area contributed by atoms with Gasteiger partial charge in [-0.2, -0.15) is 17.0 Å². The van der Waals surface area contributed by atoms with Gasteiger partial charge in [-0.05, 0) is 25.0 Å². The molecule has 0 spiro atoms. The van der Waals surface area contributed by atoms with Crippen molar-refractivity contribution < 1.29 is 17.6 Å². The summed E-state index contributed by atoms with van der Waals surface area (Å²) in [4.78, 5) is 0. The van der Waals surface area contributed by atoms with E-state index in [1.54, 1.807) is 18.4 Å². The van der Waals surface area contributed by atoms with Gasteiger partial charge in [0.15, 0.2) is 0 Å². The molecule has 19 heavy (non-hydrogen) atoms. The SMILES string of the molecule is CN(C)S(=O)(=O)N(Cc1ccco1)C[C@H]1CCCO1. The first-order chi connectivity index (χ1) is 9.00. The molecule has 2 heterocycles. The van der Waals surface area contributed by atoms with Crippen LogP contribution in [0.1, 0.15) is 18.6 Å². The standard InChI is InChI=1S/C12H20N2O4S/c1-13(2)19(15,16)14(9-11-5-3-7-17-11)10-12-6-4-8-18-12/h3,5,7,12H,4,6,8-10H2,1-2H3/t12-/m1/s1. The third-order valence-electron chi connectivity index (χ3n) is 3.13. The Morgan fingerprint density at radius 3 is 2.74 bits per heavy atom. The fourth-order valence-electron chi connectivity index (χ4n) is 2.06. The normalized spacial score (nSPS) is 20.5. The molecule has 0 N–H and O–H groups in total. The van der Waals surface area contributed by atoms with Gasteiger partial charge in [0.1, 0.15) is 5.76 Å². The molecule has 108 valence electrons. The minimum absolute atomic E-state index is 0.0234. The third kappa shape index (κ3) is 3.56. The van der Waals surface area contributed by atoms with Crippen LogP contribution in [-0.4, -0.2) is 50.4 Å².